The molecule has 0 aliphatic heterocycles. The summed E-state index contributed by atoms with van der Waals surface area (Å²) in [6, 6.07) is 4.90. The van der Waals surface area contributed by atoms with E-state index in [1.54, 1.807) is 25.1 Å². The molecule has 20 heavy (non-hydrogen) atoms. The zero-order valence-corrected chi connectivity index (χ0v) is 11.6. The lowest BCUT2D eigenvalue weighted by Crippen LogP contribution is -2.36. The van der Waals surface area contributed by atoms with Crippen LogP contribution in [0.25, 0.3) is 0 Å². The summed E-state index contributed by atoms with van der Waals surface area (Å²) in [6.07, 6.45) is 0.0786. The van der Waals surface area contributed by atoms with Crippen LogP contribution in [0.2, 0.25) is 0 Å². The number of nitrogens with two attached hydrogens (primary N) is 1. The number of benzene rings is 1. The molecule has 0 radical (unpaired) electrons. The highest BCUT2D eigenvalue weighted by Crippen LogP contribution is 2.11. The Morgan fingerprint density at radius 1 is 1.45 bits per heavy atom. The van der Waals surface area contributed by atoms with E-state index in [-0.39, 0.29) is 25.0 Å². The van der Waals surface area contributed by atoms with Crippen molar-refractivity contribution >= 4 is 11.8 Å². The summed E-state index contributed by atoms with van der Waals surface area (Å²) in [5, 5.41) is 11.4. The van der Waals surface area contributed by atoms with Crippen LogP contribution in [-0.2, 0) is 4.79 Å². The second kappa shape index (κ2) is 7.31. The van der Waals surface area contributed by atoms with Crippen molar-refractivity contribution in [3.05, 3.63) is 34.9 Å². The standard InChI is InChI=1S/C15H18N2O3/c1-10-5-6-13(12(8-10)4-3-7-18)15(20)17-11(2)9-14(16)19/h5-6,8,11,18H,7,9H2,1-2H3,(H2,16,19)(H,17,20). The molecule has 5 nitrogen and oxygen atoms in total. The summed E-state index contributed by atoms with van der Waals surface area (Å²) < 4.78 is 0. The molecule has 0 heterocycles. The van der Waals surface area contributed by atoms with E-state index in [2.05, 4.69) is 17.2 Å². The minimum atomic E-state index is -0.470. The third-order valence-electron chi connectivity index (χ3n) is 2.61. The van der Waals surface area contributed by atoms with E-state index >= 15 is 0 Å². The first-order valence-corrected chi connectivity index (χ1v) is 6.23. The monoisotopic (exact) mass is 274 g/mol. The van der Waals surface area contributed by atoms with Crippen LogP contribution in [0.4, 0.5) is 0 Å². The summed E-state index contributed by atoms with van der Waals surface area (Å²) in [6.45, 7) is 3.32. The Hall–Kier alpha value is -2.32. The zero-order valence-electron chi connectivity index (χ0n) is 11.6. The number of hydrogen-bond acceptors (Lipinski definition) is 3. The van der Waals surface area contributed by atoms with Gasteiger partial charge in [-0.2, -0.15) is 0 Å². The molecule has 0 spiro atoms. The number of carbonyl (C=O) groups excluding carboxylic acids is 2. The van der Waals surface area contributed by atoms with Crippen molar-refractivity contribution in [2.75, 3.05) is 6.61 Å². The summed E-state index contributed by atoms with van der Waals surface area (Å²) in [5.41, 5.74) is 7.00. The molecule has 4 N–H and O–H groups in total. The molecule has 5 heteroatoms. The smallest absolute Gasteiger partial charge is 0.252 e. The SMILES string of the molecule is Cc1ccc(C(=O)NC(C)CC(N)=O)c(C#CCO)c1. The average molecular weight is 274 g/mol. The maximum atomic E-state index is 12.1. The summed E-state index contributed by atoms with van der Waals surface area (Å²) in [4.78, 5) is 22.9. The van der Waals surface area contributed by atoms with Crippen molar-refractivity contribution < 1.29 is 14.7 Å². The van der Waals surface area contributed by atoms with Gasteiger partial charge in [-0.3, -0.25) is 9.59 Å². The molecular weight excluding hydrogens is 256 g/mol. The van der Waals surface area contributed by atoms with E-state index in [0.717, 1.165) is 5.56 Å². The van der Waals surface area contributed by atoms with Crippen molar-refractivity contribution in [1.82, 2.24) is 5.32 Å². The number of hydrogen-bond donors (Lipinski definition) is 3. The second-order valence-electron chi connectivity index (χ2n) is 4.55. The number of aliphatic hydroxyl groups excluding tert-OH is 1. The molecule has 1 aromatic rings. The first-order valence-electron chi connectivity index (χ1n) is 6.23. The number of amides is 2. The highest BCUT2D eigenvalue weighted by atomic mass is 16.2. The van der Waals surface area contributed by atoms with Crippen LogP contribution >= 0.6 is 0 Å². The average Bonchev–Trinajstić information content (AvgIpc) is 2.35. The minimum Gasteiger partial charge on any atom is -0.384 e. The van der Waals surface area contributed by atoms with Gasteiger partial charge in [0.05, 0.1) is 5.56 Å². The fourth-order valence-corrected chi connectivity index (χ4v) is 1.75. The molecule has 106 valence electrons. The zero-order chi connectivity index (χ0) is 15.1. The molecule has 0 saturated heterocycles. The normalized spacial score (nSPS) is 11.2. The largest absolute Gasteiger partial charge is 0.384 e. The van der Waals surface area contributed by atoms with Gasteiger partial charge < -0.3 is 16.2 Å². The number of rotatable bonds is 4. The van der Waals surface area contributed by atoms with E-state index in [0.29, 0.717) is 11.1 Å². The van der Waals surface area contributed by atoms with Gasteiger partial charge in [-0.1, -0.05) is 17.9 Å². The molecule has 0 aliphatic rings. The Bertz CT molecular complexity index is 570. The van der Waals surface area contributed by atoms with Crippen molar-refractivity contribution in [2.24, 2.45) is 5.73 Å². The lowest BCUT2D eigenvalue weighted by Gasteiger charge is -2.13. The predicted octanol–water partition coefficient (Wildman–Crippen LogP) is 0.333. The molecule has 1 aromatic carbocycles. The van der Waals surface area contributed by atoms with Gasteiger partial charge in [0.2, 0.25) is 5.91 Å². The van der Waals surface area contributed by atoms with Gasteiger partial charge >= 0.3 is 0 Å². The number of primary amides is 1. The second-order valence-corrected chi connectivity index (χ2v) is 4.55. The molecular formula is C15H18N2O3. The minimum absolute atomic E-state index is 0.0786. The molecule has 0 aromatic heterocycles. The van der Waals surface area contributed by atoms with Crippen molar-refractivity contribution in [1.29, 1.82) is 0 Å². The van der Waals surface area contributed by atoms with Gasteiger partial charge in [-0.25, -0.2) is 0 Å². The van der Waals surface area contributed by atoms with Crippen LogP contribution in [0.15, 0.2) is 18.2 Å². The van der Waals surface area contributed by atoms with Gasteiger partial charge in [-0.15, -0.1) is 0 Å². The summed E-state index contributed by atoms with van der Waals surface area (Å²) >= 11 is 0. The number of carbonyl (C=O) groups is 2. The topological polar surface area (TPSA) is 92.4 Å². The van der Waals surface area contributed by atoms with Gasteiger partial charge in [-0.05, 0) is 31.5 Å². The molecule has 1 rings (SSSR count). The Labute approximate surface area is 118 Å². The quantitative estimate of drug-likeness (QED) is 0.691. The molecule has 0 aliphatic carbocycles. The lowest BCUT2D eigenvalue weighted by molar-refractivity contribution is -0.118. The molecule has 0 saturated carbocycles. The number of nitrogens with one attached hydrogen (secondary N) is 1. The maximum absolute atomic E-state index is 12.1. The summed E-state index contributed by atoms with van der Waals surface area (Å²) in [5.74, 6) is 4.48. The first-order chi connectivity index (χ1) is 9.43. The van der Waals surface area contributed by atoms with E-state index < -0.39 is 5.91 Å². The van der Waals surface area contributed by atoms with Gasteiger partial charge in [0, 0.05) is 18.0 Å². The molecule has 0 fully saturated rings. The van der Waals surface area contributed by atoms with Crippen molar-refractivity contribution in [2.45, 2.75) is 26.3 Å². The van der Waals surface area contributed by atoms with Gasteiger partial charge in [0.15, 0.2) is 0 Å². The van der Waals surface area contributed by atoms with E-state index in [1.807, 2.05) is 6.92 Å². The summed E-state index contributed by atoms with van der Waals surface area (Å²) in [7, 11) is 0. The highest BCUT2D eigenvalue weighted by Gasteiger charge is 2.14. The fraction of sp³-hybridized carbons (Fsp3) is 0.333. The molecule has 1 atom stereocenters. The van der Waals surface area contributed by atoms with Crippen LogP contribution in [0, 0.1) is 18.8 Å². The molecule has 0 bridgehead atoms. The highest BCUT2D eigenvalue weighted by molar-refractivity contribution is 5.97. The lowest BCUT2D eigenvalue weighted by atomic mass is 10.0. The number of aryl methyl sites for hydroxylation is 1. The Morgan fingerprint density at radius 3 is 2.75 bits per heavy atom. The number of aliphatic hydroxyl groups is 1. The Balaban J connectivity index is 2.94. The van der Waals surface area contributed by atoms with Crippen LogP contribution in [0.3, 0.4) is 0 Å². The molecule has 2 amide bonds. The van der Waals surface area contributed by atoms with Crippen molar-refractivity contribution in [3.63, 3.8) is 0 Å². The Morgan fingerprint density at radius 2 is 2.15 bits per heavy atom. The molecule has 1 unspecified atom stereocenters. The van der Waals surface area contributed by atoms with E-state index in [1.165, 1.54) is 0 Å². The maximum Gasteiger partial charge on any atom is 0.252 e. The first kappa shape index (κ1) is 15.7. The van der Waals surface area contributed by atoms with Gasteiger partial charge in [0.25, 0.3) is 5.91 Å². The van der Waals surface area contributed by atoms with Crippen molar-refractivity contribution in [3.8, 4) is 11.8 Å². The fourth-order valence-electron chi connectivity index (χ4n) is 1.75. The predicted molar refractivity (Wildman–Crippen MR) is 75.9 cm³/mol. The van der Waals surface area contributed by atoms with Crippen LogP contribution in [-0.4, -0.2) is 29.6 Å². The van der Waals surface area contributed by atoms with E-state index in [9.17, 15) is 9.59 Å². The third kappa shape index (κ3) is 4.75. The van der Waals surface area contributed by atoms with Crippen LogP contribution < -0.4 is 11.1 Å². The van der Waals surface area contributed by atoms with Gasteiger partial charge in [0.1, 0.15) is 6.61 Å². The van der Waals surface area contributed by atoms with E-state index in [4.69, 9.17) is 10.8 Å². The third-order valence-corrected chi connectivity index (χ3v) is 2.61. The van der Waals surface area contributed by atoms with Crippen LogP contribution in [0.5, 0.6) is 0 Å². The Kier molecular flexibility index (Phi) is 5.75. The van der Waals surface area contributed by atoms with Crippen LogP contribution in [0.1, 0.15) is 34.8 Å².